The van der Waals surface area contributed by atoms with Crippen LogP contribution < -0.4 is 0 Å². The van der Waals surface area contributed by atoms with Crippen molar-refractivity contribution < 1.29 is 13.2 Å². The van der Waals surface area contributed by atoms with E-state index in [9.17, 15) is 13.2 Å². The highest BCUT2D eigenvalue weighted by Crippen LogP contribution is 2.18. The SMILES string of the molecule is CCCn1cc(Br)cc1C(=O)N1CCN(S(C)(=O)=O)CC1. The van der Waals surface area contributed by atoms with E-state index in [0.717, 1.165) is 17.4 Å². The Hall–Kier alpha value is -0.860. The zero-order valence-electron chi connectivity index (χ0n) is 12.2. The maximum Gasteiger partial charge on any atom is 0.270 e. The third kappa shape index (κ3) is 3.87. The van der Waals surface area contributed by atoms with Crippen LogP contribution in [0.5, 0.6) is 0 Å². The predicted octanol–water partition coefficient (Wildman–Crippen LogP) is 1.38. The molecule has 1 aromatic rings. The summed E-state index contributed by atoms with van der Waals surface area (Å²) in [5.41, 5.74) is 0.650. The smallest absolute Gasteiger partial charge is 0.270 e. The fourth-order valence-corrected chi connectivity index (χ4v) is 3.76. The molecular formula is C13H20BrN3O3S. The van der Waals surface area contributed by atoms with Gasteiger partial charge in [-0.3, -0.25) is 4.79 Å². The van der Waals surface area contributed by atoms with E-state index in [2.05, 4.69) is 22.9 Å². The molecule has 0 aromatic carbocycles. The Morgan fingerprint density at radius 3 is 2.43 bits per heavy atom. The van der Waals surface area contributed by atoms with Gasteiger partial charge in [0, 0.05) is 43.4 Å². The monoisotopic (exact) mass is 377 g/mol. The van der Waals surface area contributed by atoms with Gasteiger partial charge in [0.05, 0.1) is 6.26 Å². The third-order valence-corrected chi connectivity index (χ3v) is 5.28. The van der Waals surface area contributed by atoms with Crippen molar-refractivity contribution >= 4 is 31.9 Å². The summed E-state index contributed by atoms with van der Waals surface area (Å²) in [6.45, 7) is 4.44. The van der Waals surface area contributed by atoms with E-state index in [0.29, 0.717) is 31.9 Å². The first kappa shape index (κ1) is 16.5. The van der Waals surface area contributed by atoms with E-state index < -0.39 is 10.0 Å². The van der Waals surface area contributed by atoms with E-state index >= 15 is 0 Å². The fraction of sp³-hybridized carbons (Fsp3) is 0.615. The van der Waals surface area contributed by atoms with Gasteiger partial charge in [-0.2, -0.15) is 4.31 Å². The Bertz CT molecular complexity index is 619. The molecule has 21 heavy (non-hydrogen) atoms. The molecule has 0 bridgehead atoms. The Morgan fingerprint density at radius 1 is 1.29 bits per heavy atom. The minimum atomic E-state index is -3.17. The summed E-state index contributed by atoms with van der Waals surface area (Å²) in [6.07, 6.45) is 4.06. The summed E-state index contributed by atoms with van der Waals surface area (Å²) in [5.74, 6) is -0.0395. The van der Waals surface area contributed by atoms with Crippen molar-refractivity contribution in [2.45, 2.75) is 19.9 Å². The molecule has 2 heterocycles. The lowest BCUT2D eigenvalue weighted by atomic mass is 10.3. The van der Waals surface area contributed by atoms with Crippen LogP contribution in [0.3, 0.4) is 0 Å². The van der Waals surface area contributed by atoms with E-state index in [-0.39, 0.29) is 5.91 Å². The van der Waals surface area contributed by atoms with Crippen LogP contribution in [0.1, 0.15) is 23.8 Å². The number of aryl methyl sites for hydroxylation is 1. The molecule has 0 aliphatic carbocycles. The number of carbonyl (C=O) groups excluding carboxylic acids is 1. The van der Waals surface area contributed by atoms with E-state index in [1.165, 1.54) is 10.6 Å². The van der Waals surface area contributed by atoms with Crippen LogP contribution in [-0.2, 0) is 16.6 Å². The van der Waals surface area contributed by atoms with Gasteiger partial charge < -0.3 is 9.47 Å². The summed E-state index contributed by atoms with van der Waals surface area (Å²) in [7, 11) is -3.17. The van der Waals surface area contributed by atoms with Crippen molar-refractivity contribution in [1.29, 1.82) is 0 Å². The molecule has 0 radical (unpaired) electrons. The molecule has 8 heteroatoms. The second kappa shape index (κ2) is 6.50. The van der Waals surface area contributed by atoms with Crippen molar-refractivity contribution in [3.05, 3.63) is 22.4 Å². The third-order valence-electron chi connectivity index (χ3n) is 3.54. The first-order chi connectivity index (χ1) is 9.82. The normalized spacial score (nSPS) is 17.2. The number of amides is 1. The highest BCUT2D eigenvalue weighted by atomic mass is 79.9. The lowest BCUT2D eigenvalue weighted by Crippen LogP contribution is -2.50. The average Bonchev–Trinajstić information content (AvgIpc) is 2.78. The van der Waals surface area contributed by atoms with Crippen LogP contribution in [-0.4, -0.2) is 60.5 Å². The minimum absolute atomic E-state index is 0.0395. The summed E-state index contributed by atoms with van der Waals surface area (Å²) in [6, 6.07) is 1.82. The number of piperazine rings is 1. The number of hydrogen-bond donors (Lipinski definition) is 0. The van der Waals surface area contributed by atoms with Gasteiger partial charge in [0.1, 0.15) is 5.69 Å². The van der Waals surface area contributed by atoms with Gasteiger partial charge in [-0.1, -0.05) is 6.92 Å². The molecule has 118 valence electrons. The Kier molecular flexibility index (Phi) is 5.11. The molecule has 0 N–H and O–H groups in total. The summed E-state index contributed by atoms with van der Waals surface area (Å²) < 4.78 is 27.2. The standard InChI is InChI=1S/C13H20BrN3O3S/c1-3-4-16-10-11(14)9-12(16)13(18)15-5-7-17(8-6-15)21(2,19)20/h9-10H,3-8H2,1-2H3. The summed E-state index contributed by atoms with van der Waals surface area (Å²) >= 11 is 3.40. The van der Waals surface area contributed by atoms with Crippen molar-refractivity contribution in [3.63, 3.8) is 0 Å². The van der Waals surface area contributed by atoms with Gasteiger partial charge in [-0.05, 0) is 28.4 Å². The van der Waals surface area contributed by atoms with Gasteiger partial charge in [-0.15, -0.1) is 0 Å². The molecule has 1 aromatic heterocycles. The number of aromatic nitrogens is 1. The highest BCUT2D eigenvalue weighted by Gasteiger charge is 2.27. The maximum atomic E-state index is 12.6. The van der Waals surface area contributed by atoms with Crippen molar-refractivity contribution in [1.82, 2.24) is 13.8 Å². The van der Waals surface area contributed by atoms with Crippen LogP contribution in [0.2, 0.25) is 0 Å². The molecular weight excluding hydrogens is 358 g/mol. The topological polar surface area (TPSA) is 62.6 Å². The van der Waals surface area contributed by atoms with Crippen LogP contribution >= 0.6 is 15.9 Å². The molecule has 1 fully saturated rings. The molecule has 1 aliphatic rings. The highest BCUT2D eigenvalue weighted by molar-refractivity contribution is 9.10. The van der Waals surface area contributed by atoms with Gasteiger partial charge in [-0.25, -0.2) is 8.42 Å². The lowest BCUT2D eigenvalue weighted by Gasteiger charge is -2.33. The fourth-order valence-electron chi connectivity index (χ4n) is 2.46. The van der Waals surface area contributed by atoms with E-state index in [1.807, 2.05) is 16.8 Å². The zero-order valence-corrected chi connectivity index (χ0v) is 14.7. The number of halogens is 1. The number of carbonyl (C=O) groups is 1. The molecule has 1 aliphatic heterocycles. The molecule has 1 saturated heterocycles. The number of rotatable bonds is 4. The van der Waals surface area contributed by atoms with Gasteiger partial charge in [0.15, 0.2) is 0 Å². The largest absolute Gasteiger partial charge is 0.342 e. The van der Waals surface area contributed by atoms with Crippen LogP contribution in [0.4, 0.5) is 0 Å². The minimum Gasteiger partial charge on any atom is -0.342 e. The molecule has 0 saturated carbocycles. The Balaban J connectivity index is 2.09. The van der Waals surface area contributed by atoms with Gasteiger partial charge in [0.25, 0.3) is 5.91 Å². The lowest BCUT2D eigenvalue weighted by molar-refractivity contribution is 0.0687. The second-order valence-electron chi connectivity index (χ2n) is 5.19. The van der Waals surface area contributed by atoms with Crippen molar-refractivity contribution in [3.8, 4) is 0 Å². The molecule has 0 spiro atoms. The molecule has 0 unspecified atom stereocenters. The van der Waals surface area contributed by atoms with Crippen molar-refractivity contribution in [2.75, 3.05) is 32.4 Å². The van der Waals surface area contributed by atoms with Crippen LogP contribution in [0.25, 0.3) is 0 Å². The molecule has 1 amide bonds. The number of hydrogen-bond acceptors (Lipinski definition) is 3. The van der Waals surface area contributed by atoms with Gasteiger partial charge in [0.2, 0.25) is 10.0 Å². The summed E-state index contributed by atoms with van der Waals surface area (Å²) in [5, 5.41) is 0. The number of sulfonamides is 1. The van der Waals surface area contributed by atoms with Crippen LogP contribution in [0.15, 0.2) is 16.7 Å². The Morgan fingerprint density at radius 2 is 1.90 bits per heavy atom. The van der Waals surface area contributed by atoms with E-state index in [4.69, 9.17) is 0 Å². The molecule has 6 nitrogen and oxygen atoms in total. The summed E-state index contributed by atoms with van der Waals surface area (Å²) in [4.78, 5) is 14.3. The van der Waals surface area contributed by atoms with Gasteiger partial charge >= 0.3 is 0 Å². The quantitative estimate of drug-likeness (QED) is 0.795. The average molecular weight is 378 g/mol. The zero-order chi connectivity index (χ0) is 15.6. The molecule has 2 rings (SSSR count). The Labute approximate surface area is 133 Å². The maximum absolute atomic E-state index is 12.6. The second-order valence-corrected chi connectivity index (χ2v) is 8.09. The molecule has 0 atom stereocenters. The number of nitrogens with zero attached hydrogens (tertiary/aromatic N) is 3. The van der Waals surface area contributed by atoms with Crippen molar-refractivity contribution in [2.24, 2.45) is 0 Å². The predicted molar refractivity (Wildman–Crippen MR) is 84.7 cm³/mol. The first-order valence-electron chi connectivity index (χ1n) is 6.93. The van der Waals surface area contributed by atoms with E-state index in [1.54, 1.807) is 4.90 Å². The first-order valence-corrected chi connectivity index (χ1v) is 9.57. The van der Waals surface area contributed by atoms with Crippen LogP contribution in [0, 0.1) is 0 Å².